The zero-order chi connectivity index (χ0) is 12.7. The Kier molecular flexibility index (Phi) is 5.32. The summed E-state index contributed by atoms with van der Waals surface area (Å²) in [6.45, 7) is -0.916. The smallest absolute Gasteiger partial charge is 0.237 e. The zero-order valence-electron chi connectivity index (χ0n) is 8.42. The second-order valence-electron chi connectivity index (χ2n) is 2.95. The summed E-state index contributed by atoms with van der Waals surface area (Å²) in [5.74, 6) is -2.62. The molecule has 0 spiro atoms. The summed E-state index contributed by atoms with van der Waals surface area (Å²) in [6.07, 6.45) is -0.433. The first-order valence-electron chi connectivity index (χ1n) is 4.17. The average Bonchev–Trinajstić information content (AvgIpc) is 2.15. The molecule has 0 aliphatic carbocycles. The summed E-state index contributed by atoms with van der Waals surface area (Å²) in [5, 5.41) is 10.8. The van der Waals surface area contributed by atoms with Crippen molar-refractivity contribution in [2.24, 2.45) is 22.4 Å². The van der Waals surface area contributed by atoms with Crippen molar-refractivity contribution in [2.45, 2.75) is 6.42 Å². The molecule has 0 radical (unpaired) electrons. The zero-order valence-corrected chi connectivity index (χ0v) is 8.42. The molecular weight excluding hydrogens is 218 g/mol. The molecule has 7 N–H and O–H groups in total. The minimum atomic E-state index is -0.797. The van der Waals surface area contributed by atoms with Crippen LogP contribution in [0.1, 0.15) is 6.42 Å². The van der Waals surface area contributed by atoms with E-state index in [0.29, 0.717) is 0 Å². The van der Waals surface area contributed by atoms with E-state index in [1.165, 1.54) is 0 Å². The number of hydrogen-bond donors (Lipinski definition) is 4. The van der Waals surface area contributed by atoms with E-state index in [1.807, 2.05) is 0 Å². The molecule has 0 unspecified atom stereocenters. The van der Waals surface area contributed by atoms with Crippen molar-refractivity contribution in [3.8, 4) is 0 Å². The van der Waals surface area contributed by atoms with Crippen molar-refractivity contribution in [3.63, 3.8) is 0 Å². The molecule has 0 aliphatic rings. The molecule has 16 heavy (non-hydrogen) atoms. The molecule has 9 heteroatoms. The van der Waals surface area contributed by atoms with Crippen LogP contribution in [-0.2, 0) is 14.4 Å². The van der Waals surface area contributed by atoms with Crippen LogP contribution in [-0.4, -0.2) is 46.8 Å². The molecule has 0 aromatic heterocycles. The number of primary amides is 2. The highest BCUT2D eigenvalue weighted by Gasteiger charge is 2.18. The van der Waals surface area contributed by atoms with Crippen LogP contribution in [0.5, 0.6) is 0 Å². The Morgan fingerprint density at radius 1 is 1.06 bits per heavy atom. The third kappa shape index (κ3) is 5.42. The maximum atomic E-state index is 11.4. The van der Waals surface area contributed by atoms with E-state index in [1.54, 1.807) is 0 Å². The van der Waals surface area contributed by atoms with Gasteiger partial charge in [0.15, 0.2) is 0 Å². The fourth-order valence-corrected chi connectivity index (χ4v) is 0.911. The van der Waals surface area contributed by atoms with Gasteiger partial charge in [0.05, 0.1) is 19.5 Å². The molecule has 9 nitrogen and oxygen atoms in total. The Labute approximate surface area is 90.8 Å². The summed E-state index contributed by atoms with van der Waals surface area (Å²) in [7, 11) is 0. The lowest BCUT2D eigenvalue weighted by molar-refractivity contribution is -0.137. The molecule has 90 valence electrons. The fraction of sp³-hybridized carbons (Fsp3) is 0.429. The van der Waals surface area contributed by atoms with Crippen LogP contribution >= 0.6 is 0 Å². The van der Waals surface area contributed by atoms with Crippen molar-refractivity contribution in [1.29, 1.82) is 0 Å². The number of amides is 3. The molecule has 3 amide bonds. The molecule has 0 fully saturated rings. The lowest BCUT2D eigenvalue weighted by Gasteiger charge is -2.18. The summed E-state index contributed by atoms with van der Waals surface area (Å²) < 4.78 is 0. The van der Waals surface area contributed by atoms with Gasteiger partial charge >= 0.3 is 0 Å². The van der Waals surface area contributed by atoms with Gasteiger partial charge in [0.25, 0.3) is 0 Å². The highest BCUT2D eigenvalue weighted by molar-refractivity contribution is 6.00. The van der Waals surface area contributed by atoms with E-state index in [9.17, 15) is 14.4 Å². The third-order valence-electron chi connectivity index (χ3n) is 1.51. The Bertz CT molecular complexity index is 311. The average molecular weight is 231 g/mol. The van der Waals surface area contributed by atoms with Crippen LogP contribution in [0.25, 0.3) is 0 Å². The van der Waals surface area contributed by atoms with E-state index in [0.717, 1.165) is 4.90 Å². The van der Waals surface area contributed by atoms with E-state index in [4.69, 9.17) is 22.4 Å². The molecule has 0 bridgehead atoms. The van der Waals surface area contributed by atoms with Crippen LogP contribution in [0.3, 0.4) is 0 Å². The van der Waals surface area contributed by atoms with Gasteiger partial charge in [-0.3, -0.25) is 14.4 Å². The van der Waals surface area contributed by atoms with Gasteiger partial charge in [-0.05, 0) is 0 Å². The molecule has 0 rings (SSSR count). The van der Waals surface area contributed by atoms with Crippen molar-refractivity contribution in [1.82, 2.24) is 4.90 Å². The Morgan fingerprint density at radius 3 is 1.81 bits per heavy atom. The predicted molar refractivity (Wildman–Crippen MR) is 53.0 cm³/mol. The molecule has 0 saturated carbocycles. The summed E-state index contributed by atoms with van der Waals surface area (Å²) >= 11 is 0. The minimum absolute atomic E-state index is 0.344. The van der Waals surface area contributed by atoms with E-state index in [2.05, 4.69) is 5.16 Å². The van der Waals surface area contributed by atoms with Crippen LogP contribution in [0.15, 0.2) is 5.16 Å². The van der Waals surface area contributed by atoms with Gasteiger partial charge in [0, 0.05) is 0 Å². The van der Waals surface area contributed by atoms with Crippen LogP contribution in [0, 0.1) is 0 Å². The van der Waals surface area contributed by atoms with Gasteiger partial charge in [-0.2, -0.15) is 0 Å². The highest BCUT2D eigenvalue weighted by Crippen LogP contribution is 1.94. The van der Waals surface area contributed by atoms with Gasteiger partial charge in [-0.15, -0.1) is 0 Å². The number of nitrogens with zero attached hydrogens (tertiary/aromatic N) is 2. The van der Waals surface area contributed by atoms with Gasteiger partial charge in [0.1, 0.15) is 5.84 Å². The maximum absolute atomic E-state index is 11.4. The van der Waals surface area contributed by atoms with Gasteiger partial charge in [-0.25, -0.2) is 0 Å². The summed E-state index contributed by atoms with van der Waals surface area (Å²) in [4.78, 5) is 33.5. The Morgan fingerprint density at radius 2 is 1.50 bits per heavy atom. The number of oxime groups is 1. The highest BCUT2D eigenvalue weighted by atomic mass is 16.4. The summed E-state index contributed by atoms with van der Waals surface area (Å²) in [6, 6.07) is 0. The molecule has 0 aliphatic heterocycles. The van der Waals surface area contributed by atoms with Crippen LogP contribution in [0.2, 0.25) is 0 Å². The third-order valence-corrected chi connectivity index (χ3v) is 1.51. The van der Waals surface area contributed by atoms with Gasteiger partial charge in [-0.1, -0.05) is 5.16 Å². The van der Waals surface area contributed by atoms with E-state index >= 15 is 0 Å². The van der Waals surface area contributed by atoms with Crippen LogP contribution < -0.4 is 17.2 Å². The molecular formula is C7H13N5O4. The Balaban J connectivity index is 4.55. The van der Waals surface area contributed by atoms with Crippen LogP contribution in [0.4, 0.5) is 0 Å². The lowest BCUT2D eigenvalue weighted by Crippen LogP contribution is -2.44. The molecule has 0 heterocycles. The second-order valence-corrected chi connectivity index (χ2v) is 2.95. The fourth-order valence-electron chi connectivity index (χ4n) is 0.911. The second kappa shape index (κ2) is 6.22. The number of nitrogens with two attached hydrogens (primary N) is 3. The first-order chi connectivity index (χ1) is 7.36. The molecule has 0 saturated heterocycles. The van der Waals surface area contributed by atoms with Crippen molar-refractivity contribution in [2.75, 3.05) is 13.1 Å². The Hall–Kier alpha value is -2.32. The molecule has 0 aromatic rings. The lowest BCUT2D eigenvalue weighted by atomic mass is 10.3. The SMILES string of the molecule is NC(=O)CN(CC(N)=O)C(=O)CC(N)=NO. The van der Waals surface area contributed by atoms with E-state index in [-0.39, 0.29) is 5.84 Å². The quantitative estimate of drug-likeness (QED) is 0.164. The minimum Gasteiger partial charge on any atom is -0.409 e. The van der Waals surface area contributed by atoms with Crippen molar-refractivity contribution in [3.05, 3.63) is 0 Å². The van der Waals surface area contributed by atoms with Crippen molar-refractivity contribution < 1.29 is 19.6 Å². The largest absolute Gasteiger partial charge is 0.409 e. The number of rotatable bonds is 6. The monoisotopic (exact) mass is 231 g/mol. The predicted octanol–water partition coefficient (Wildman–Crippen LogP) is -3.08. The standard InChI is InChI=1S/C7H13N5O4/c8-4(11-16)1-7(15)12(2-5(9)13)3-6(10)14/h16H,1-3H2,(H2,8,11)(H2,9,13)(H2,10,14). The van der Waals surface area contributed by atoms with Gasteiger partial charge < -0.3 is 27.3 Å². The number of hydrogen-bond acceptors (Lipinski definition) is 5. The number of carbonyl (C=O) groups excluding carboxylic acids is 3. The first kappa shape index (κ1) is 13.7. The molecule has 0 atom stereocenters. The number of amidine groups is 1. The molecule has 0 aromatic carbocycles. The first-order valence-corrected chi connectivity index (χ1v) is 4.17. The van der Waals surface area contributed by atoms with E-state index < -0.39 is 37.2 Å². The van der Waals surface area contributed by atoms with Gasteiger partial charge in [0.2, 0.25) is 17.7 Å². The maximum Gasteiger partial charge on any atom is 0.237 e. The topological polar surface area (TPSA) is 165 Å². The summed E-state index contributed by atoms with van der Waals surface area (Å²) in [5.41, 5.74) is 14.8. The van der Waals surface area contributed by atoms with Crippen molar-refractivity contribution >= 4 is 23.6 Å². The number of carbonyl (C=O) groups is 3. The normalized spacial score (nSPS) is 10.9.